The Morgan fingerprint density at radius 3 is 2.44 bits per heavy atom. The molecule has 4 rings (SSSR count). The SMILES string of the molecule is Clc1ccc2ccc(/C=C/c3cccc(C=Nc4ccccc4)c3)nc2c1. The summed E-state index contributed by atoms with van der Waals surface area (Å²) in [6.45, 7) is 0. The van der Waals surface area contributed by atoms with E-state index in [0.29, 0.717) is 5.02 Å². The molecule has 0 N–H and O–H groups in total. The highest BCUT2D eigenvalue weighted by Crippen LogP contribution is 2.19. The summed E-state index contributed by atoms with van der Waals surface area (Å²) in [7, 11) is 0. The average Bonchev–Trinajstić information content (AvgIpc) is 2.71. The highest BCUT2D eigenvalue weighted by atomic mass is 35.5. The quantitative estimate of drug-likeness (QED) is 0.363. The lowest BCUT2D eigenvalue weighted by Gasteiger charge is -2.00. The number of hydrogen-bond donors (Lipinski definition) is 0. The fourth-order valence-electron chi connectivity index (χ4n) is 2.79. The van der Waals surface area contributed by atoms with Crippen LogP contribution < -0.4 is 0 Å². The number of aromatic nitrogens is 1. The van der Waals surface area contributed by atoms with Crippen molar-refractivity contribution in [1.82, 2.24) is 4.98 Å². The van der Waals surface area contributed by atoms with Crippen LogP contribution in [0.5, 0.6) is 0 Å². The molecule has 3 heteroatoms. The first-order chi connectivity index (χ1) is 13.3. The molecule has 0 spiro atoms. The predicted molar refractivity (Wildman–Crippen MR) is 116 cm³/mol. The highest BCUT2D eigenvalue weighted by Gasteiger charge is 1.98. The Kier molecular flexibility index (Phi) is 5.08. The Bertz CT molecular complexity index is 1130. The normalized spacial score (nSPS) is 11.6. The second-order valence-electron chi connectivity index (χ2n) is 6.17. The Morgan fingerprint density at radius 1 is 0.741 bits per heavy atom. The zero-order valence-corrected chi connectivity index (χ0v) is 15.3. The van der Waals surface area contributed by atoms with E-state index in [9.17, 15) is 0 Å². The van der Waals surface area contributed by atoms with Crippen molar-refractivity contribution in [3.05, 3.63) is 107 Å². The van der Waals surface area contributed by atoms with Gasteiger partial charge in [-0.1, -0.05) is 66.2 Å². The molecule has 0 aliphatic heterocycles. The largest absolute Gasteiger partial charge is 0.256 e. The molecule has 0 radical (unpaired) electrons. The molecule has 0 amide bonds. The van der Waals surface area contributed by atoms with Crippen molar-refractivity contribution in [1.29, 1.82) is 0 Å². The van der Waals surface area contributed by atoms with Crippen LogP contribution in [0.2, 0.25) is 5.02 Å². The van der Waals surface area contributed by atoms with Crippen molar-refractivity contribution in [3.8, 4) is 0 Å². The van der Waals surface area contributed by atoms with Gasteiger partial charge in [-0.2, -0.15) is 0 Å². The first-order valence-electron chi connectivity index (χ1n) is 8.70. The van der Waals surface area contributed by atoms with Crippen molar-refractivity contribution < 1.29 is 0 Å². The third kappa shape index (κ3) is 4.49. The number of hydrogen-bond acceptors (Lipinski definition) is 2. The summed E-state index contributed by atoms with van der Waals surface area (Å²) in [5, 5.41) is 1.78. The smallest absolute Gasteiger partial charge is 0.0724 e. The second kappa shape index (κ2) is 7.98. The number of benzene rings is 3. The van der Waals surface area contributed by atoms with Gasteiger partial charge < -0.3 is 0 Å². The van der Waals surface area contributed by atoms with Gasteiger partial charge in [-0.15, -0.1) is 0 Å². The zero-order chi connectivity index (χ0) is 18.5. The number of para-hydroxylation sites is 1. The maximum Gasteiger partial charge on any atom is 0.0724 e. The molecule has 0 aliphatic rings. The van der Waals surface area contributed by atoms with Crippen molar-refractivity contribution in [3.63, 3.8) is 0 Å². The van der Waals surface area contributed by atoms with Crippen LogP contribution in [0.1, 0.15) is 16.8 Å². The van der Waals surface area contributed by atoms with E-state index in [4.69, 9.17) is 11.6 Å². The molecule has 3 aromatic carbocycles. The fraction of sp³-hybridized carbons (Fsp3) is 0. The number of aliphatic imine (C=N–C) groups is 1. The lowest BCUT2D eigenvalue weighted by Crippen LogP contribution is -1.84. The standard InChI is InChI=1S/C24H17ClN2/c25-21-12-10-20-11-14-23(27-24(20)16-21)13-9-18-5-4-6-19(15-18)17-26-22-7-2-1-3-8-22/h1-17H/b13-9+,26-17?. The summed E-state index contributed by atoms with van der Waals surface area (Å²) in [5.74, 6) is 0. The van der Waals surface area contributed by atoms with Crippen LogP contribution in [0.4, 0.5) is 5.69 Å². The maximum atomic E-state index is 6.06. The summed E-state index contributed by atoms with van der Waals surface area (Å²) >= 11 is 6.06. The van der Waals surface area contributed by atoms with Crippen LogP contribution in [0, 0.1) is 0 Å². The second-order valence-corrected chi connectivity index (χ2v) is 6.61. The van der Waals surface area contributed by atoms with Gasteiger partial charge in [0.15, 0.2) is 0 Å². The number of fused-ring (bicyclic) bond motifs is 1. The van der Waals surface area contributed by atoms with Gasteiger partial charge in [-0.25, -0.2) is 4.98 Å². The molecule has 130 valence electrons. The predicted octanol–water partition coefficient (Wildman–Crippen LogP) is 6.81. The summed E-state index contributed by atoms with van der Waals surface area (Å²) < 4.78 is 0. The van der Waals surface area contributed by atoms with Gasteiger partial charge >= 0.3 is 0 Å². The monoisotopic (exact) mass is 368 g/mol. The van der Waals surface area contributed by atoms with E-state index in [1.165, 1.54) is 0 Å². The molecule has 0 fully saturated rings. The van der Waals surface area contributed by atoms with Crippen LogP contribution >= 0.6 is 11.6 Å². The van der Waals surface area contributed by atoms with Crippen molar-refractivity contribution >= 4 is 46.6 Å². The van der Waals surface area contributed by atoms with Gasteiger partial charge in [0.1, 0.15) is 0 Å². The van der Waals surface area contributed by atoms with Gasteiger partial charge in [-0.3, -0.25) is 4.99 Å². The Labute approximate surface area is 163 Å². The van der Waals surface area contributed by atoms with Crippen molar-refractivity contribution in [2.45, 2.75) is 0 Å². The molecular weight excluding hydrogens is 352 g/mol. The average molecular weight is 369 g/mol. The summed E-state index contributed by atoms with van der Waals surface area (Å²) in [4.78, 5) is 9.16. The molecule has 4 aromatic rings. The fourth-order valence-corrected chi connectivity index (χ4v) is 2.95. The number of halogens is 1. The van der Waals surface area contributed by atoms with Gasteiger partial charge in [0.2, 0.25) is 0 Å². The minimum absolute atomic E-state index is 0.696. The molecule has 1 aromatic heterocycles. The summed E-state index contributed by atoms with van der Waals surface area (Å²) in [6.07, 6.45) is 5.94. The highest BCUT2D eigenvalue weighted by molar-refractivity contribution is 6.31. The lowest BCUT2D eigenvalue weighted by atomic mass is 10.1. The molecule has 0 unspecified atom stereocenters. The molecule has 27 heavy (non-hydrogen) atoms. The number of rotatable bonds is 4. The van der Waals surface area contributed by atoms with E-state index in [0.717, 1.165) is 33.4 Å². The Balaban J connectivity index is 1.55. The zero-order valence-electron chi connectivity index (χ0n) is 14.6. The van der Waals surface area contributed by atoms with Crippen molar-refractivity contribution in [2.24, 2.45) is 4.99 Å². The van der Waals surface area contributed by atoms with E-state index in [1.807, 2.05) is 79.0 Å². The van der Waals surface area contributed by atoms with E-state index < -0.39 is 0 Å². The molecule has 1 heterocycles. The molecule has 0 aliphatic carbocycles. The van der Waals surface area contributed by atoms with E-state index in [1.54, 1.807) is 0 Å². The molecule has 0 bridgehead atoms. The third-order valence-corrected chi connectivity index (χ3v) is 4.39. The minimum atomic E-state index is 0.696. The van der Waals surface area contributed by atoms with Crippen molar-refractivity contribution in [2.75, 3.05) is 0 Å². The molecule has 0 atom stereocenters. The van der Waals surface area contributed by atoms with Crippen LogP contribution in [-0.2, 0) is 0 Å². The Hall–Kier alpha value is -3.23. The molecule has 0 saturated carbocycles. The summed E-state index contributed by atoms with van der Waals surface area (Å²) in [6, 6.07) is 28.0. The first kappa shape index (κ1) is 17.2. The third-order valence-electron chi connectivity index (χ3n) is 4.15. The number of pyridine rings is 1. The van der Waals surface area contributed by atoms with Crippen LogP contribution in [0.25, 0.3) is 23.1 Å². The van der Waals surface area contributed by atoms with Crippen LogP contribution in [0.15, 0.2) is 89.9 Å². The molecular formula is C24H17ClN2. The van der Waals surface area contributed by atoms with Gasteiger partial charge in [0, 0.05) is 16.6 Å². The molecule has 2 nitrogen and oxygen atoms in total. The van der Waals surface area contributed by atoms with E-state index >= 15 is 0 Å². The maximum absolute atomic E-state index is 6.06. The Morgan fingerprint density at radius 2 is 1.56 bits per heavy atom. The van der Waals surface area contributed by atoms with Gasteiger partial charge in [0.05, 0.1) is 16.9 Å². The van der Waals surface area contributed by atoms with Gasteiger partial charge in [-0.05, 0) is 53.6 Å². The van der Waals surface area contributed by atoms with E-state index in [2.05, 4.69) is 34.3 Å². The first-order valence-corrected chi connectivity index (χ1v) is 9.08. The van der Waals surface area contributed by atoms with E-state index in [-0.39, 0.29) is 0 Å². The van der Waals surface area contributed by atoms with Gasteiger partial charge in [0.25, 0.3) is 0 Å². The topological polar surface area (TPSA) is 25.2 Å². The lowest BCUT2D eigenvalue weighted by molar-refractivity contribution is 1.37. The summed E-state index contributed by atoms with van der Waals surface area (Å²) in [5.41, 5.74) is 4.89. The molecule has 0 saturated heterocycles. The minimum Gasteiger partial charge on any atom is -0.256 e. The number of nitrogens with zero attached hydrogens (tertiary/aromatic N) is 2. The van der Waals surface area contributed by atoms with Crippen LogP contribution in [-0.4, -0.2) is 11.2 Å². The van der Waals surface area contributed by atoms with Crippen LogP contribution in [0.3, 0.4) is 0 Å².